The van der Waals surface area contributed by atoms with Gasteiger partial charge in [0.05, 0.1) is 5.69 Å². The van der Waals surface area contributed by atoms with E-state index in [1.54, 1.807) is 6.20 Å². The molecule has 14 heavy (non-hydrogen) atoms. The molecule has 0 spiro atoms. The molecule has 0 N–H and O–H groups in total. The maximum atomic E-state index is 4.15. The molecule has 2 aromatic rings. The predicted molar refractivity (Wildman–Crippen MR) is 60.7 cm³/mol. The van der Waals surface area contributed by atoms with Gasteiger partial charge in [-0.1, -0.05) is 18.2 Å². The number of aromatic nitrogens is 2. The Morgan fingerprint density at radius 2 is 1.86 bits per heavy atom. The number of hydrogen-bond donors (Lipinski definition) is 0. The van der Waals surface area contributed by atoms with Gasteiger partial charge in [-0.05, 0) is 40.9 Å². The average Bonchev–Trinajstić information content (AvgIpc) is 2.52. The topological polar surface area (TPSA) is 17.8 Å². The number of halogens is 1. The van der Waals surface area contributed by atoms with Crippen molar-refractivity contribution in [3.8, 4) is 5.69 Å². The molecule has 1 aromatic heterocycles. The molecule has 0 saturated heterocycles. The first-order chi connectivity index (χ1) is 6.70. The first-order valence-corrected chi connectivity index (χ1v) is 5.25. The molecule has 0 aliphatic rings. The van der Waals surface area contributed by atoms with Crippen molar-refractivity contribution in [3.05, 3.63) is 46.5 Å². The summed E-state index contributed by atoms with van der Waals surface area (Å²) in [7, 11) is 0. The maximum Gasteiger partial charge on any atom is 0.181 e. The van der Waals surface area contributed by atoms with Crippen LogP contribution in [0.25, 0.3) is 5.69 Å². The highest BCUT2D eigenvalue weighted by Gasteiger charge is 2.06. The number of rotatable bonds is 1. The predicted octanol–water partition coefficient (Wildman–Crippen LogP) is 3.25. The number of para-hydroxylation sites is 1. The molecule has 0 bridgehead atoms. The third-order valence-electron chi connectivity index (χ3n) is 2.28. The van der Waals surface area contributed by atoms with E-state index in [-0.39, 0.29) is 0 Å². The first-order valence-electron chi connectivity index (χ1n) is 4.45. The van der Waals surface area contributed by atoms with Crippen LogP contribution in [0, 0.1) is 13.8 Å². The standard InChI is InChI=1S/C11H11BrN2/c1-8-4-3-5-9(2)10(8)14-7-6-13-11(14)12/h3-7H,1-2H3. The lowest BCUT2D eigenvalue weighted by molar-refractivity contribution is 0.986. The third kappa shape index (κ3) is 1.48. The molecular weight excluding hydrogens is 240 g/mol. The van der Waals surface area contributed by atoms with Gasteiger partial charge >= 0.3 is 0 Å². The lowest BCUT2D eigenvalue weighted by Crippen LogP contribution is -1.98. The Morgan fingerprint density at radius 3 is 2.36 bits per heavy atom. The SMILES string of the molecule is Cc1cccc(C)c1-n1ccnc1Br. The zero-order valence-electron chi connectivity index (χ0n) is 8.16. The van der Waals surface area contributed by atoms with Gasteiger partial charge in [0.2, 0.25) is 0 Å². The normalized spacial score (nSPS) is 10.5. The summed E-state index contributed by atoms with van der Waals surface area (Å²) in [6, 6.07) is 6.28. The Morgan fingerprint density at radius 1 is 1.21 bits per heavy atom. The van der Waals surface area contributed by atoms with Crippen molar-refractivity contribution < 1.29 is 0 Å². The van der Waals surface area contributed by atoms with Crippen LogP contribution in [0.2, 0.25) is 0 Å². The van der Waals surface area contributed by atoms with Crippen molar-refractivity contribution in [2.24, 2.45) is 0 Å². The van der Waals surface area contributed by atoms with Crippen LogP contribution in [0.15, 0.2) is 35.3 Å². The third-order valence-corrected chi connectivity index (χ3v) is 2.86. The summed E-state index contributed by atoms with van der Waals surface area (Å²) in [6.45, 7) is 4.21. The summed E-state index contributed by atoms with van der Waals surface area (Å²) in [4.78, 5) is 4.15. The Bertz CT molecular complexity index is 440. The smallest absolute Gasteiger partial charge is 0.181 e. The number of hydrogen-bond acceptors (Lipinski definition) is 1. The van der Waals surface area contributed by atoms with Crippen LogP contribution in [0.5, 0.6) is 0 Å². The zero-order chi connectivity index (χ0) is 10.1. The summed E-state index contributed by atoms with van der Waals surface area (Å²) in [6.07, 6.45) is 3.75. The zero-order valence-corrected chi connectivity index (χ0v) is 9.75. The molecule has 0 amide bonds. The van der Waals surface area contributed by atoms with Crippen molar-refractivity contribution in [2.45, 2.75) is 13.8 Å². The molecule has 0 saturated carbocycles. The van der Waals surface area contributed by atoms with E-state index in [9.17, 15) is 0 Å². The number of benzene rings is 1. The minimum absolute atomic E-state index is 0.843. The van der Waals surface area contributed by atoms with E-state index in [4.69, 9.17) is 0 Å². The molecule has 1 heterocycles. The van der Waals surface area contributed by atoms with Crippen LogP contribution in [0.4, 0.5) is 0 Å². The molecule has 1 aromatic carbocycles. The summed E-state index contributed by atoms with van der Waals surface area (Å²) in [5.41, 5.74) is 3.71. The van der Waals surface area contributed by atoms with Gasteiger partial charge < -0.3 is 0 Å². The first kappa shape index (κ1) is 9.46. The molecule has 2 nitrogen and oxygen atoms in total. The van der Waals surface area contributed by atoms with Gasteiger partial charge in [0.1, 0.15) is 0 Å². The van der Waals surface area contributed by atoms with Crippen molar-refractivity contribution in [1.29, 1.82) is 0 Å². The number of aryl methyl sites for hydroxylation is 2. The molecule has 0 radical (unpaired) electrons. The molecule has 0 aliphatic carbocycles. The van der Waals surface area contributed by atoms with Gasteiger partial charge in [0.15, 0.2) is 4.73 Å². The fourth-order valence-corrected chi connectivity index (χ4v) is 2.05. The van der Waals surface area contributed by atoms with Gasteiger partial charge in [0.25, 0.3) is 0 Å². The fraction of sp³-hybridized carbons (Fsp3) is 0.182. The van der Waals surface area contributed by atoms with Crippen LogP contribution in [0.3, 0.4) is 0 Å². The highest BCUT2D eigenvalue weighted by atomic mass is 79.9. The van der Waals surface area contributed by atoms with Gasteiger partial charge in [-0.15, -0.1) is 0 Å². The average molecular weight is 251 g/mol. The summed E-state index contributed by atoms with van der Waals surface area (Å²) >= 11 is 3.42. The van der Waals surface area contributed by atoms with E-state index < -0.39 is 0 Å². The minimum Gasteiger partial charge on any atom is -0.294 e. The largest absolute Gasteiger partial charge is 0.294 e. The van der Waals surface area contributed by atoms with Crippen molar-refractivity contribution in [1.82, 2.24) is 9.55 Å². The molecule has 2 rings (SSSR count). The number of nitrogens with zero attached hydrogens (tertiary/aromatic N) is 2. The van der Waals surface area contributed by atoms with Gasteiger partial charge in [-0.3, -0.25) is 4.57 Å². The fourth-order valence-electron chi connectivity index (χ4n) is 1.64. The van der Waals surface area contributed by atoms with E-state index in [0.29, 0.717) is 0 Å². The van der Waals surface area contributed by atoms with Crippen molar-refractivity contribution in [3.63, 3.8) is 0 Å². The Balaban J connectivity index is 2.68. The minimum atomic E-state index is 0.843. The van der Waals surface area contributed by atoms with Crippen molar-refractivity contribution >= 4 is 15.9 Å². The van der Waals surface area contributed by atoms with Crippen LogP contribution in [-0.2, 0) is 0 Å². The second-order valence-electron chi connectivity index (χ2n) is 3.31. The Kier molecular flexibility index (Phi) is 2.42. The molecule has 0 unspecified atom stereocenters. The van der Waals surface area contributed by atoms with Gasteiger partial charge in [-0.2, -0.15) is 0 Å². The van der Waals surface area contributed by atoms with E-state index in [1.807, 2.05) is 10.8 Å². The van der Waals surface area contributed by atoms with E-state index in [0.717, 1.165) is 4.73 Å². The molecule has 72 valence electrons. The van der Waals surface area contributed by atoms with Crippen LogP contribution < -0.4 is 0 Å². The highest BCUT2D eigenvalue weighted by molar-refractivity contribution is 9.10. The number of imidazole rings is 1. The molecule has 3 heteroatoms. The van der Waals surface area contributed by atoms with Crippen LogP contribution in [0.1, 0.15) is 11.1 Å². The maximum absolute atomic E-state index is 4.15. The molecule has 0 fully saturated rings. The lowest BCUT2D eigenvalue weighted by Gasteiger charge is -2.10. The van der Waals surface area contributed by atoms with Crippen LogP contribution in [-0.4, -0.2) is 9.55 Å². The lowest BCUT2D eigenvalue weighted by atomic mass is 10.1. The quantitative estimate of drug-likeness (QED) is 0.760. The Labute approximate surface area is 91.7 Å². The van der Waals surface area contributed by atoms with E-state index in [2.05, 4.69) is 53.0 Å². The van der Waals surface area contributed by atoms with E-state index in [1.165, 1.54) is 16.8 Å². The van der Waals surface area contributed by atoms with Gasteiger partial charge in [0, 0.05) is 12.4 Å². The molecule has 0 atom stereocenters. The highest BCUT2D eigenvalue weighted by Crippen LogP contribution is 2.22. The summed E-state index contributed by atoms with van der Waals surface area (Å²) in [5, 5.41) is 0. The summed E-state index contributed by atoms with van der Waals surface area (Å²) < 4.78 is 2.89. The van der Waals surface area contributed by atoms with Crippen molar-refractivity contribution in [2.75, 3.05) is 0 Å². The second kappa shape index (κ2) is 3.58. The molecular formula is C11H11BrN2. The van der Waals surface area contributed by atoms with Crippen LogP contribution >= 0.6 is 15.9 Å². The molecule has 0 aliphatic heterocycles. The van der Waals surface area contributed by atoms with E-state index >= 15 is 0 Å². The summed E-state index contributed by atoms with van der Waals surface area (Å²) in [5.74, 6) is 0. The second-order valence-corrected chi connectivity index (χ2v) is 4.02. The Hall–Kier alpha value is -1.09. The monoisotopic (exact) mass is 250 g/mol. The van der Waals surface area contributed by atoms with Gasteiger partial charge in [-0.25, -0.2) is 4.98 Å².